The van der Waals surface area contributed by atoms with E-state index in [1.165, 1.54) is 12.1 Å². The number of fused-ring (bicyclic) bond motifs is 1. The van der Waals surface area contributed by atoms with Crippen LogP contribution in [0.4, 0.5) is 4.39 Å². The summed E-state index contributed by atoms with van der Waals surface area (Å²) in [6.45, 7) is 0. The molecule has 9 heteroatoms. The predicted octanol–water partition coefficient (Wildman–Crippen LogP) is 2.66. The maximum Gasteiger partial charge on any atom is 0.248 e. The molecule has 0 aliphatic carbocycles. The van der Waals surface area contributed by atoms with Gasteiger partial charge in [-0.3, -0.25) is 4.79 Å². The Morgan fingerprint density at radius 2 is 1.93 bits per heavy atom. The Balaban J connectivity index is 1.69. The van der Waals surface area contributed by atoms with Gasteiger partial charge in [-0.15, -0.1) is 0 Å². The molecule has 2 N–H and O–H groups in total. The van der Waals surface area contributed by atoms with Gasteiger partial charge in [-0.25, -0.2) is 17.3 Å². The summed E-state index contributed by atoms with van der Waals surface area (Å²) in [5.41, 5.74) is 6.75. The van der Waals surface area contributed by atoms with Crippen molar-refractivity contribution in [2.24, 2.45) is 5.73 Å². The Hall–Kier alpha value is -2.94. The van der Waals surface area contributed by atoms with Crippen molar-refractivity contribution >= 4 is 21.3 Å². The Bertz CT molecular complexity index is 1160. The molecule has 3 heterocycles. The molecular weight excluding hydrogens is 385 g/mol. The van der Waals surface area contributed by atoms with Gasteiger partial charge >= 0.3 is 0 Å². The number of sulfone groups is 1. The average Bonchev–Trinajstić information content (AvgIpc) is 3.12. The molecule has 28 heavy (non-hydrogen) atoms. The van der Waals surface area contributed by atoms with Gasteiger partial charge in [0.25, 0.3) is 0 Å². The van der Waals surface area contributed by atoms with Gasteiger partial charge < -0.3 is 10.5 Å². The summed E-state index contributed by atoms with van der Waals surface area (Å²) >= 11 is 0. The number of rotatable bonds is 4. The quantitative estimate of drug-likeness (QED) is 0.721. The van der Waals surface area contributed by atoms with E-state index in [2.05, 4.69) is 5.10 Å². The highest BCUT2D eigenvalue weighted by atomic mass is 32.2. The van der Waals surface area contributed by atoms with Crippen LogP contribution in [0.3, 0.4) is 0 Å². The largest absolute Gasteiger partial charge is 0.452 e. The van der Waals surface area contributed by atoms with Crippen molar-refractivity contribution in [3.05, 3.63) is 59.7 Å². The topological polar surface area (TPSA) is 104 Å². The highest BCUT2D eigenvalue weighted by Gasteiger charge is 2.26. The lowest BCUT2D eigenvalue weighted by Crippen LogP contribution is -2.22. The molecule has 0 bridgehead atoms. The number of primary amides is 1. The second-order valence-corrected chi connectivity index (χ2v) is 9.14. The zero-order valence-corrected chi connectivity index (χ0v) is 15.7. The monoisotopic (exact) mass is 403 g/mol. The highest BCUT2D eigenvalue weighted by molar-refractivity contribution is 7.91. The van der Waals surface area contributed by atoms with Crippen molar-refractivity contribution in [3.8, 4) is 11.5 Å². The number of carbonyl (C=O) groups is 1. The minimum atomic E-state index is -2.97. The van der Waals surface area contributed by atoms with Crippen LogP contribution < -0.4 is 10.5 Å². The second kappa shape index (κ2) is 6.90. The van der Waals surface area contributed by atoms with Crippen molar-refractivity contribution in [2.75, 3.05) is 11.5 Å². The van der Waals surface area contributed by atoms with Gasteiger partial charge in [0.15, 0.2) is 17.3 Å². The van der Waals surface area contributed by atoms with E-state index in [1.807, 2.05) is 6.20 Å². The Kier molecular flexibility index (Phi) is 4.54. The smallest absolute Gasteiger partial charge is 0.248 e. The maximum absolute atomic E-state index is 14.3. The molecule has 0 radical (unpaired) electrons. The number of hydrogen-bond donors (Lipinski definition) is 1. The third-order valence-corrected chi connectivity index (χ3v) is 6.67. The molecule has 2 aromatic heterocycles. The number of benzene rings is 1. The molecule has 0 spiro atoms. The Morgan fingerprint density at radius 3 is 2.61 bits per heavy atom. The van der Waals surface area contributed by atoms with Crippen LogP contribution in [0.1, 0.15) is 34.7 Å². The number of nitrogens with two attached hydrogens (primary N) is 1. The first-order valence-electron chi connectivity index (χ1n) is 8.77. The molecule has 1 aromatic carbocycles. The fraction of sp³-hybridized carbons (Fsp3) is 0.263. The van der Waals surface area contributed by atoms with Crippen LogP contribution in [-0.4, -0.2) is 35.4 Å². The number of hydrogen-bond acceptors (Lipinski definition) is 5. The van der Waals surface area contributed by atoms with Crippen LogP contribution in [0.2, 0.25) is 0 Å². The molecule has 7 nitrogen and oxygen atoms in total. The molecule has 3 aromatic rings. The van der Waals surface area contributed by atoms with E-state index in [9.17, 15) is 17.6 Å². The number of halogens is 1. The molecule has 0 saturated carbocycles. The molecule has 0 atom stereocenters. The summed E-state index contributed by atoms with van der Waals surface area (Å²) in [7, 11) is -2.97. The first-order chi connectivity index (χ1) is 13.3. The lowest BCUT2D eigenvalue weighted by molar-refractivity contribution is 0.1000. The van der Waals surface area contributed by atoms with Crippen molar-refractivity contribution in [2.45, 2.75) is 18.8 Å². The number of aromatic nitrogens is 2. The van der Waals surface area contributed by atoms with Gasteiger partial charge in [0.1, 0.15) is 15.4 Å². The van der Waals surface area contributed by atoms with E-state index in [4.69, 9.17) is 10.5 Å². The Labute approximate surface area is 160 Å². The SMILES string of the molecule is NC(=O)c1ccc(Oc2cc(C3CCS(=O)(=O)CC3)cn3nccc23)c(F)c1. The summed E-state index contributed by atoms with van der Waals surface area (Å²) in [5.74, 6) is -0.726. The lowest BCUT2D eigenvalue weighted by Gasteiger charge is -2.23. The summed E-state index contributed by atoms with van der Waals surface area (Å²) < 4.78 is 45.2. The number of amides is 1. The normalized spacial score (nSPS) is 16.9. The molecule has 0 unspecified atom stereocenters. The van der Waals surface area contributed by atoms with Crippen LogP contribution >= 0.6 is 0 Å². The van der Waals surface area contributed by atoms with Crippen LogP contribution in [0.15, 0.2) is 42.7 Å². The zero-order chi connectivity index (χ0) is 19.9. The standard InChI is InChI=1S/C19H18FN3O4S/c20-15-9-13(19(21)24)1-2-17(15)27-18-10-14(11-23-16(18)3-6-22-23)12-4-7-28(25,26)8-5-12/h1-3,6,9-12H,4-5,7-8H2,(H2,21,24). The van der Waals surface area contributed by atoms with Gasteiger partial charge in [-0.05, 0) is 54.7 Å². The van der Waals surface area contributed by atoms with E-state index in [1.54, 1.807) is 22.8 Å². The number of pyridine rings is 1. The molecule has 1 fully saturated rings. The van der Waals surface area contributed by atoms with E-state index < -0.39 is 21.6 Å². The van der Waals surface area contributed by atoms with E-state index >= 15 is 0 Å². The number of nitrogens with zero attached hydrogens (tertiary/aromatic N) is 2. The summed E-state index contributed by atoms with van der Waals surface area (Å²) in [4.78, 5) is 11.2. The molecular formula is C19H18FN3O4S. The zero-order valence-electron chi connectivity index (χ0n) is 14.8. The summed E-state index contributed by atoms with van der Waals surface area (Å²) in [6.07, 6.45) is 4.49. The average molecular weight is 403 g/mol. The van der Waals surface area contributed by atoms with Gasteiger partial charge in [0, 0.05) is 11.8 Å². The highest BCUT2D eigenvalue weighted by Crippen LogP contribution is 2.35. The molecule has 1 aliphatic heterocycles. The summed E-state index contributed by atoms with van der Waals surface area (Å²) in [5, 5.41) is 4.23. The first-order valence-corrected chi connectivity index (χ1v) is 10.6. The first kappa shape index (κ1) is 18.4. The van der Waals surface area contributed by atoms with Gasteiger partial charge in [0.2, 0.25) is 5.91 Å². The van der Waals surface area contributed by atoms with Crippen LogP contribution in [0.25, 0.3) is 5.52 Å². The van der Waals surface area contributed by atoms with Gasteiger partial charge in [0.05, 0.1) is 17.7 Å². The fourth-order valence-electron chi connectivity index (χ4n) is 3.40. The van der Waals surface area contributed by atoms with Crippen molar-refractivity contribution in [1.29, 1.82) is 0 Å². The second-order valence-electron chi connectivity index (χ2n) is 6.84. The minimum Gasteiger partial charge on any atom is -0.452 e. The van der Waals surface area contributed by atoms with E-state index in [0.29, 0.717) is 24.1 Å². The lowest BCUT2D eigenvalue weighted by atomic mass is 9.95. The van der Waals surface area contributed by atoms with Crippen molar-refractivity contribution < 1.29 is 22.3 Å². The predicted molar refractivity (Wildman–Crippen MR) is 101 cm³/mol. The van der Waals surface area contributed by atoms with Gasteiger partial charge in [-0.2, -0.15) is 5.10 Å². The molecule has 1 saturated heterocycles. The maximum atomic E-state index is 14.3. The molecule has 146 valence electrons. The third kappa shape index (κ3) is 3.57. The van der Waals surface area contributed by atoms with Crippen molar-refractivity contribution in [3.63, 3.8) is 0 Å². The van der Waals surface area contributed by atoms with Gasteiger partial charge in [-0.1, -0.05) is 0 Å². The molecule has 1 amide bonds. The van der Waals surface area contributed by atoms with Crippen LogP contribution in [-0.2, 0) is 9.84 Å². The van der Waals surface area contributed by atoms with Crippen molar-refractivity contribution in [1.82, 2.24) is 9.61 Å². The molecule has 4 rings (SSSR count). The van der Waals surface area contributed by atoms with E-state index in [-0.39, 0.29) is 28.7 Å². The fourth-order valence-corrected chi connectivity index (χ4v) is 4.89. The minimum absolute atomic E-state index is 0.0449. The molecule has 1 aliphatic rings. The Morgan fingerprint density at radius 1 is 1.18 bits per heavy atom. The summed E-state index contributed by atoms with van der Waals surface area (Å²) in [6, 6.07) is 7.30. The number of ether oxygens (including phenoxy) is 1. The number of carbonyl (C=O) groups excluding carboxylic acids is 1. The van der Waals surface area contributed by atoms with Crippen LogP contribution in [0.5, 0.6) is 11.5 Å². The van der Waals surface area contributed by atoms with E-state index in [0.717, 1.165) is 11.6 Å². The third-order valence-electron chi connectivity index (χ3n) is 4.95. The van der Waals surface area contributed by atoms with Crippen LogP contribution in [0, 0.1) is 5.82 Å².